The van der Waals surface area contributed by atoms with Crippen LogP contribution in [0.3, 0.4) is 0 Å². The smallest absolute Gasteiger partial charge is 0.227 e. The van der Waals surface area contributed by atoms with Crippen molar-refractivity contribution >= 4 is 5.91 Å². The number of nitrogens with two attached hydrogens (primary N) is 1. The minimum atomic E-state index is -0.209. The molecule has 1 heterocycles. The number of hydrogen-bond acceptors (Lipinski definition) is 3. The summed E-state index contributed by atoms with van der Waals surface area (Å²) in [4.78, 5) is 14.4. The largest absolute Gasteiger partial charge is 0.352 e. The van der Waals surface area contributed by atoms with Gasteiger partial charge in [-0.2, -0.15) is 0 Å². The van der Waals surface area contributed by atoms with Crippen LogP contribution in [0, 0.1) is 5.41 Å². The van der Waals surface area contributed by atoms with E-state index < -0.39 is 0 Å². The predicted octanol–water partition coefficient (Wildman–Crippen LogP) is 0.326. The predicted molar refractivity (Wildman–Crippen MR) is 64.0 cm³/mol. The highest BCUT2D eigenvalue weighted by Crippen LogP contribution is 2.44. The van der Waals surface area contributed by atoms with E-state index in [9.17, 15) is 4.79 Å². The summed E-state index contributed by atoms with van der Waals surface area (Å²) < 4.78 is 0. The highest BCUT2D eigenvalue weighted by Gasteiger charge is 2.48. The third-order valence-electron chi connectivity index (χ3n) is 3.83. The van der Waals surface area contributed by atoms with Crippen LogP contribution in [0.5, 0.6) is 0 Å². The van der Waals surface area contributed by atoms with Crippen molar-refractivity contribution in [3.05, 3.63) is 0 Å². The molecule has 0 spiro atoms. The molecule has 4 nitrogen and oxygen atoms in total. The van der Waals surface area contributed by atoms with Crippen molar-refractivity contribution in [2.45, 2.75) is 38.6 Å². The van der Waals surface area contributed by atoms with Gasteiger partial charge in [0.2, 0.25) is 5.91 Å². The zero-order valence-electron chi connectivity index (χ0n) is 10.2. The van der Waals surface area contributed by atoms with E-state index in [0.717, 1.165) is 19.4 Å². The number of carbonyl (C=O) groups excluding carboxylic acids is 1. The number of carbonyl (C=O) groups is 1. The van der Waals surface area contributed by atoms with Crippen molar-refractivity contribution in [1.29, 1.82) is 0 Å². The van der Waals surface area contributed by atoms with Gasteiger partial charge in [-0.05, 0) is 45.7 Å². The van der Waals surface area contributed by atoms with Gasteiger partial charge in [-0.1, -0.05) is 0 Å². The first-order chi connectivity index (χ1) is 7.66. The molecule has 0 radical (unpaired) electrons. The van der Waals surface area contributed by atoms with Gasteiger partial charge in [-0.15, -0.1) is 0 Å². The molecule has 1 atom stereocenters. The van der Waals surface area contributed by atoms with E-state index in [4.69, 9.17) is 5.73 Å². The molecular formula is C12H23N3O. The molecule has 2 rings (SSSR count). The molecular weight excluding hydrogens is 202 g/mol. The van der Waals surface area contributed by atoms with E-state index in [0.29, 0.717) is 6.54 Å². The van der Waals surface area contributed by atoms with Crippen LogP contribution in [-0.2, 0) is 4.79 Å². The Bertz CT molecular complexity index is 257. The maximum absolute atomic E-state index is 11.9. The standard InChI is InChI=1S/C12H23N3O/c1-10(8-15-6-2-3-7-15)14-11(16)12(9-13)4-5-12/h10H,2-9,13H2,1H3,(H,14,16). The van der Waals surface area contributed by atoms with Crippen LogP contribution in [0.2, 0.25) is 0 Å². The van der Waals surface area contributed by atoms with E-state index in [1.54, 1.807) is 0 Å². The average Bonchev–Trinajstić information content (AvgIpc) is 2.91. The van der Waals surface area contributed by atoms with E-state index in [1.165, 1.54) is 25.9 Å². The number of hydrogen-bond donors (Lipinski definition) is 2. The van der Waals surface area contributed by atoms with Crippen LogP contribution >= 0.6 is 0 Å². The monoisotopic (exact) mass is 225 g/mol. The molecule has 1 aliphatic carbocycles. The summed E-state index contributed by atoms with van der Waals surface area (Å²) in [5.41, 5.74) is 5.43. The lowest BCUT2D eigenvalue weighted by molar-refractivity contribution is -0.126. The third kappa shape index (κ3) is 2.55. The van der Waals surface area contributed by atoms with Crippen LogP contribution in [-0.4, -0.2) is 43.0 Å². The third-order valence-corrected chi connectivity index (χ3v) is 3.83. The van der Waals surface area contributed by atoms with Gasteiger partial charge in [0.05, 0.1) is 5.41 Å². The van der Waals surface area contributed by atoms with Crippen LogP contribution in [0.1, 0.15) is 32.6 Å². The van der Waals surface area contributed by atoms with Crippen molar-refractivity contribution in [3.63, 3.8) is 0 Å². The minimum absolute atomic E-state index is 0.168. The second kappa shape index (κ2) is 4.72. The first kappa shape index (κ1) is 11.9. The van der Waals surface area contributed by atoms with Gasteiger partial charge in [0.15, 0.2) is 0 Å². The van der Waals surface area contributed by atoms with Crippen molar-refractivity contribution in [2.75, 3.05) is 26.2 Å². The quantitative estimate of drug-likeness (QED) is 0.709. The first-order valence-electron chi connectivity index (χ1n) is 6.40. The molecule has 1 unspecified atom stereocenters. The Morgan fingerprint density at radius 1 is 1.44 bits per heavy atom. The highest BCUT2D eigenvalue weighted by atomic mass is 16.2. The minimum Gasteiger partial charge on any atom is -0.352 e. The maximum Gasteiger partial charge on any atom is 0.227 e. The Hall–Kier alpha value is -0.610. The summed E-state index contributed by atoms with van der Waals surface area (Å²) in [6.45, 7) is 5.93. The molecule has 16 heavy (non-hydrogen) atoms. The van der Waals surface area contributed by atoms with Crippen LogP contribution in [0.15, 0.2) is 0 Å². The summed E-state index contributed by atoms with van der Waals surface area (Å²) in [7, 11) is 0. The fourth-order valence-corrected chi connectivity index (χ4v) is 2.45. The SMILES string of the molecule is CC(CN1CCCC1)NC(=O)C1(CN)CC1. The van der Waals surface area contributed by atoms with Crippen LogP contribution in [0.25, 0.3) is 0 Å². The molecule has 1 aliphatic heterocycles. The molecule has 3 N–H and O–H groups in total. The Labute approximate surface area is 97.6 Å². The van der Waals surface area contributed by atoms with Gasteiger partial charge in [-0.3, -0.25) is 4.79 Å². The fourth-order valence-electron chi connectivity index (χ4n) is 2.45. The second-order valence-corrected chi connectivity index (χ2v) is 5.37. The van der Waals surface area contributed by atoms with Gasteiger partial charge in [0.1, 0.15) is 0 Å². The molecule has 0 aromatic heterocycles. The summed E-state index contributed by atoms with van der Waals surface area (Å²) in [6.07, 6.45) is 4.53. The number of rotatable bonds is 5. The van der Waals surface area contributed by atoms with Crippen LogP contribution < -0.4 is 11.1 Å². The Morgan fingerprint density at radius 2 is 2.06 bits per heavy atom. The van der Waals surface area contributed by atoms with Gasteiger partial charge in [-0.25, -0.2) is 0 Å². The van der Waals surface area contributed by atoms with Gasteiger partial charge >= 0.3 is 0 Å². The van der Waals surface area contributed by atoms with Gasteiger partial charge in [0.25, 0.3) is 0 Å². The maximum atomic E-state index is 11.9. The average molecular weight is 225 g/mol. The second-order valence-electron chi connectivity index (χ2n) is 5.37. The normalized spacial score (nSPS) is 25.4. The molecule has 0 aromatic carbocycles. The Balaban J connectivity index is 1.74. The van der Waals surface area contributed by atoms with E-state index in [-0.39, 0.29) is 17.4 Å². The van der Waals surface area contributed by atoms with E-state index in [1.807, 2.05) is 0 Å². The first-order valence-corrected chi connectivity index (χ1v) is 6.40. The zero-order chi connectivity index (χ0) is 11.6. The van der Waals surface area contributed by atoms with Crippen molar-refractivity contribution in [3.8, 4) is 0 Å². The number of nitrogens with one attached hydrogen (secondary N) is 1. The molecule has 92 valence electrons. The lowest BCUT2D eigenvalue weighted by Crippen LogP contribution is -2.45. The molecule has 2 fully saturated rings. The number of amides is 1. The van der Waals surface area contributed by atoms with Crippen molar-refractivity contribution < 1.29 is 4.79 Å². The van der Waals surface area contributed by atoms with Crippen LogP contribution in [0.4, 0.5) is 0 Å². The Kier molecular flexibility index (Phi) is 3.50. The van der Waals surface area contributed by atoms with Gasteiger partial charge < -0.3 is 16.0 Å². The lowest BCUT2D eigenvalue weighted by Gasteiger charge is -2.23. The highest BCUT2D eigenvalue weighted by molar-refractivity contribution is 5.85. The van der Waals surface area contributed by atoms with Crippen molar-refractivity contribution in [1.82, 2.24) is 10.2 Å². The van der Waals surface area contributed by atoms with E-state index in [2.05, 4.69) is 17.1 Å². The summed E-state index contributed by atoms with van der Waals surface area (Å²) >= 11 is 0. The Morgan fingerprint density at radius 3 is 2.56 bits per heavy atom. The number of likely N-dealkylation sites (tertiary alicyclic amines) is 1. The summed E-state index contributed by atoms with van der Waals surface area (Å²) in [6, 6.07) is 0.245. The van der Waals surface area contributed by atoms with E-state index >= 15 is 0 Å². The summed E-state index contributed by atoms with van der Waals surface area (Å²) in [5, 5.41) is 3.10. The molecule has 1 saturated heterocycles. The molecule has 1 amide bonds. The molecule has 2 aliphatic rings. The lowest BCUT2D eigenvalue weighted by atomic mass is 10.1. The molecule has 4 heteroatoms. The fraction of sp³-hybridized carbons (Fsp3) is 0.917. The van der Waals surface area contributed by atoms with Crippen molar-refractivity contribution in [2.24, 2.45) is 11.1 Å². The molecule has 0 aromatic rings. The number of nitrogens with zero attached hydrogens (tertiary/aromatic N) is 1. The molecule has 0 bridgehead atoms. The molecule has 1 saturated carbocycles. The zero-order valence-corrected chi connectivity index (χ0v) is 10.2. The summed E-state index contributed by atoms with van der Waals surface area (Å²) in [5.74, 6) is 0.168. The van der Waals surface area contributed by atoms with Gasteiger partial charge in [0, 0.05) is 19.1 Å². The topological polar surface area (TPSA) is 58.4 Å².